The van der Waals surface area contributed by atoms with Crippen molar-refractivity contribution in [1.29, 1.82) is 0 Å². The molecule has 0 aliphatic rings. The first-order valence-electron chi connectivity index (χ1n) is 9.97. The van der Waals surface area contributed by atoms with Crippen LogP contribution in [0.1, 0.15) is 46.1 Å². The van der Waals surface area contributed by atoms with E-state index in [1.54, 1.807) is 24.3 Å². The molecule has 0 aliphatic carbocycles. The van der Waals surface area contributed by atoms with Gasteiger partial charge in [-0.15, -0.1) is 0 Å². The predicted octanol–water partition coefficient (Wildman–Crippen LogP) is 1.91. The van der Waals surface area contributed by atoms with Crippen LogP contribution in [-0.2, 0) is 25.7 Å². The molecule has 9 heteroatoms. The first kappa shape index (κ1) is 24.9. The van der Waals surface area contributed by atoms with Crippen LogP contribution in [0.15, 0.2) is 24.3 Å². The zero-order valence-electron chi connectivity index (χ0n) is 18.0. The Balaban J connectivity index is 2.75. The molecule has 2 unspecified atom stereocenters. The van der Waals surface area contributed by atoms with Gasteiger partial charge in [-0.3, -0.25) is 14.4 Å². The number of rotatable bonds is 11. The van der Waals surface area contributed by atoms with Crippen molar-refractivity contribution in [2.24, 2.45) is 17.6 Å². The van der Waals surface area contributed by atoms with E-state index in [0.29, 0.717) is 25.1 Å². The van der Waals surface area contributed by atoms with Gasteiger partial charge in [-0.05, 0) is 36.5 Å². The Morgan fingerprint density at radius 1 is 1.03 bits per heavy atom. The number of hydrogen-bond donors (Lipinski definition) is 4. The van der Waals surface area contributed by atoms with Gasteiger partial charge >= 0.3 is 12.0 Å². The fourth-order valence-corrected chi connectivity index (χ4v) is 2.49. The maximum Gasteiger partial charge on any atom is 0.312 e. The van der Waals surface area contributed by atoms with Crippen LogP contribution < -0.4 is 21.7 Å². The minimum atomic E-state index is -0.755. The zero-order valence-corrected chi connectivity index (χ0v) is 18.0. The Hall–Kier alpha value is -3.10. The van der Waals surface area contributed by atoms with Crippen molar-refractivity contribution in [3.63, 3.8) is 0 Å². The predicted molar refractivity (Wildman–Crippen MR) is 113 cm³/mol. The first-order chi connectivity index (χ1) is 14.1. The highest BCUT2D eigenvalue weighted by Gasteiger charge is 2.24. The number of benzene rings is 1. The van der Waals surface area contributed by atoms with Gasteiger partial charge < -0.3 is 26.4 Å². The van der Waals surface area contributed by atoms with Gasteiger partial charge in [-0.2, -0.15) is 0 Å². The standard InChI is InChI=1S/C21H32N4O5/c1-13(2)14(3)19(27)25-18(6-5-11-23-21(22)29)20(28)24-17-9-7-16(8-10-17)12-30-15(4)26/h7-10,13-14,18H,5-6,11-12H2,1-4H3,(H,24,28)(H,25,27)(H3,22,23,29). The molecule has 0 saturated carbocycles. The van der Waals surface area contributed by atoms with E-state index in [1.807, 2.05) is 20.8 Å². The lowest BCUT2D eigenvalue weighted by molar-refractivity contribution is -0.142. The molecule has 9 nitrogen and oxygen atoms in total. The maximum absolute atomic E-state index is 12.8. The molecule has 0 saturated heterocycles. The minimum absolute atomic E-state index is 0.134. The molecular formula is C21H32N4O5. The molecule has 0 aromatic heterocycles. The number of primary amides is 1. The Labute approximate surface area is 177 Å². The third kappa shape index (κ3) is 9.40. The highest BCUT2D eigenvalue weighted by molar-refractivity contribution is 5.97. The topological polar surface area (TPSA) is 140 Å². The zero-order chi connectivity index (χ0) is 22.7. The fourth-order valence-electron chi connectivity index (χ4n) is 2.49. The van der Waals surface area contributed by atoms with E-state index < -0.39 is 12.1 Å². The summed E-state index contributed by atoms with van der Waals surface area (Å²) in [5, 5.41) is 8.05. The number of hydrogen-bond acceptors (Lipinski definition) is 5. The summed E-state index contributed by atoms with van der Waals surface area (Å²) < 4.78 is 4.93. The SMILES string of the molecule is CC(=O)OCc1ccc(NC(=O)C(CCCNC(N)=O)NC(=O)C(C)C(C)C)cc1. The number of ether oxygens (including phenoxy) is 1. The van der Waals surface area contributed by atoms with Crippen molar-refractivity contribution in [3.05, 3.63) is 29.8 Å². The average molecular weight is 421 g/mol. The molecule has 0 radical (unpaired) electrons. The molecule has 2 atom stereocenters. The Kier molecular flexibility index (Phi) is 10.4. The average Bonchev–Trinajstić information content (AvgIpc) is 2.68. The summed E-state index contributed by atoms with van der Waals surface area (Å²) in [6, 6.07) is 5.48. The van der Waals surface area contributed by atoms with E-state index in [9.17, 15) is 19.2 Å². The van der Waals surface area contributed by atoms with E-state index >= 15 is 0 Å². The monoisotopic (exact) mass is 420 g/mol. The number of carbonyl (C=O) groups is 4. The van der Waals surface area contributed by atoms with Gasteiger partial charge in [-0.25, -0.2) is 4.79 Å². The third-order valence-electron chi connectivity index (χ3n) is 4.68. The van der Waals surface area contributed by atoms with E-state index in [2.05, 4.69) is 16.0 Å². The summed E-state index contributed by atoms with van der Waals surface area (Å²) in [7, 11) is 0. The van der Waals surface area contributed by atoms with E-state index in [0.717, 1.165) is 5.56 Å². The van der Waals surface area contributed by atoms with Crippen LogP contribution >= 0.6 is 0 Å². The van der Waals surface area contributed by atoms with Gasteiger partial charge in [0.2, 0.25) is 11.8 Å². The van der Waals surface area contributed by atoms with Gasteiger partial charge in [-0.1, -0.05) is 32.9 Å². The number of esters is 1. The van der Waals surface area contributed by atoms with E-state index in [4.69, 9.17) is 10.5 Å². The minimum Gasteiger partial charge on any atom is -0.461 e. The van der Waals surface area contributed by atoms with Gasteiger partial charge in [0.25, 0.3) is 0 Å². The van der Waals surface area contributed by atoms with Gasteiger partial charge in [0.15, 0.2) is 0 Å². The number of carbonyl (C=O) groups excluding carboxylic acids is 4. The summed E-state index contributed by atoms with van der Waals surface area (Å²) in [5.41, 5.74) is 6.39. The van der Waals surface area contributed by atoms with Crippen molar-refractivity contribution in [2.75, 3.05) is 11.9 Å². The van der Waals surface area contributed by atoms with Crippen LogP contribution in [0.5, 0.6) is 0 Å². The number of anilines is 1. The molecule has 0 heterocycles. The lowest BCUT2D eigenvalue weighted by Crippen LogP contribution is -2.46. The molecule has 166 valence electrons. The van der Waals surface area contributed by atoms with E-state index in [1.165, 1.54) is 6.92 Å². The van der Waals surface area contributed by atoms with Crippen molar-refractivity contribution < 1.29 is 23.9 Å². The van der Waals surface area contributed by atoms with Crippen molar-refractivity contribution in [3.8, 4) is 0 Å². The fraction of sp³-hybridized carbons (Fsp3) is 0.524. The van der Waals surface area contributed by atoms with Crippen LogP contribution in [-0.4, -0.2) is 36.4 Å². The summed E-state index contributed by atoms with van der Waals surface area (Å²) in [4.78, 5) is 46.9. The molecule has 1 aromatic rings. The quantitative estimate of drug-likeness (QED) is 0.320. The first-order valence-corrected chi connectivity index (χ1v) is 9.97. The molecule has 30 heavy (non-hydrogen) atoms. The van der Waals surface area contributed by atoms with Crippen LogP contribution in [0.4, 0.5) is 10.5 Å². The molecule has 1 aromatic carbocycles. The molecule has 1 rings (SSSR count). The van der Waals surface area contributed by atoms with Crippen molar-refractivity contribution >= 4 is 29.5 Å². The molecule has 0 bridgehead atoms. The highest BCUT2D eigenvalue weighted by Crippen LogP contribution is 2.14. The van der Waals surface area contributed by atoms with Gasteiger partial charge in [0, 0.05) is 25.1 Å². The lowest BCUT2D eigenvalue weighted by atomic mass is 9.96. The maximum atomic E-state index is 12.8. The lowest BCUT2D eigenvalue weighted by Gasteiger charge is -2.22. The van der Waals surface area contributed by atoms with Crippen LogP contribution in [0.2, 0.25) is 0 Å². The second-order valence-corrected chi connectivity index (χ2v) is 7.49. The number of nitrogens with one attached hydrogen (secondary N) is 3. The molecule has 0 aliphatic heterocycles. The van der Waals surface area contributed by atoms with Crippen molar-refractivity contribution in [1.82, 2.24) is 10.6 Å². The van der Waals surface area contributed by atoms with Crippen molar-refractivity contribution in [2.45, 2.75) is 53.2 Å². The summed E-state index contributed by atoms with van der Waals surface area (Å²) >= 11 is 0. The Morgan fingerprint density at radius 2 is 1.67 bits per heavy atom. The highest BCUT2D eigenvalue weighted by atomic mass is 16.5. The van der Waals surface area contributed by atoms with E-state index in [-0.39, 0.29) is 36.2 Å². The number of nitrogens with two attached hydrogens (primary N) is 1. The third-order valence-corrected chi connectivity index (χ3v) is 4.68. The normalized spacial score (nSPS) is 12.6. The molecule has 5 N–H and O–H groups in total. The molecule has 0 fully saturated rings. The number of urea groups is 1. The van der Waals surface area contributed by atoms with Gasteiger partial charge in [0.1, 0.15) is 12.6 Å². The summed E-state index contributed by atoms with van der Waals surface area (Å²) in [6.45, 7) is 7.48. The second kappa shape index (κ2) is 12.5. The number of amides is 4. The van der Waals surface area contributed by atoms with Gasteiger partial charge in [0.05, 0.1) is 0 Å². The van der Waals surface area contributed by atoms with Crippen LogP contribution in [0, 0.1) is 11.8 Å². The Morgan fingerprint density at radius 3 is 2.20 bits per heavy atom. The summed E-state index contributed by atoms with van der Waals surface area (Å²) in [6.07, 6.45) is 0.811. The second-order valence-electron chi connectivity index (χ2n) is 7.49. The molecule has 0 spiro atoms. The van der Waals surface area contributed by atoms with Crippen LogP contribution in [0.3, 0.4) is 0 Å². The Bertz CT molecular complexity index is 733. The summed E-state index contributed by atoms with van der Waals surface area (Å²) in [5.74, 6) is -1.04. The molecular weight excluding hydrogens is 388 g/mol. The smallest absolute Gasteiger partial charge is 0.312 e. The molecule has 4 amide bonds. The van der Waals surface area contributed by atoms with Crippen LogP contribution in [0.25, 0.3) is 0 Å². The largest absolute Gasteiger partial charge is 0.461 e.